The molecule has 2 heterocycles. The summed E-state index contributed by atoms with van der Waals surface area (Å²) in [5.41, 5.74) is 3.14. The lowest BCUT2D eigenvalue weighted by Crippen LogP contribution is -2.22. The van der Waals surface area contributed by atoms with Crippen molar-refractivity contribution in [1.29, 1.82) is 0 Å². The maximum atomic E-state index is 5.70. The van der Waals surface area contributed by atoms with E-state index in [-0.39, 0.29) is 0 Å². The largest absolute Gasteiger partial charge is 0.437 e. The zero-order chi connectivity index (χ0) is 14.5. The van der Waals surface area contributed by atoms with Crippen LogP contribution < -0.4 is 10.1 Å². The number of nitrogens with zero attached hydrogens (tertiary/aromatic N) is 2. The highest BCUT2D eigenvalue weighted by Gasteiger charge is 2.04. The van der Waals surface area contributed by atoms with Gasteiger partial charge in [0.2, 0.25) is 5.88 Å². The summed E-state index contributed by atoms with van der Waals surface area (Å²) in [6.45, 7) is 9.03. The molecular weight excluding hydrogens is 250 g/mol. The van der Waals surface area contributed by atoms with E-state index in [2.05, 4.69) is 35.2 Å². The Morgan fingerprint density at radius 1 is 1.15 bits per heavy atom. The van der Waals surface area contributed by atoms with Crippen molar-refractivity contribution in [3.8, 4) is 11.6 Å². The second-order valence-corrected chi connectivity index (χ2v) is 5.17. The van der Waals surface area contributed by atoms with E-state index in [1.165, 1.54) is 5.56 Å². The molecule has 0 unspecified atom stereocenters. The summed E-state index contributed by atoms with van der Waals surface area (Å²) >= 11 is 0. The topological polar surface area (TPSA) is 47.0 Å². The average molecular weight is 271 g/mol. The number of nitrogens with one attached hydrogen (secondary N) is 1. The van der Waals surface area contributed by atoms with Gasteiger partial charge in [-0.1, -0.05) is 19.9 Å². The number of hydrogen-bond acceptors (Lipinski definition) is 4. The van der Waals surface area contributed by atoms with Gasteiger partial charge in [0, 0.05) is 30.0 Å². The molecule has 0 bridgehead atoms. The third kappa shape index (κ3) is 4.03. The summed E-state index contributed by atoms with van der Waals surface area (Å²) in [6, 6.07) is 8.22. The van der Waals surface area contributed by atoms with E-state index in [0.29, 0.717) is 17.7 Å². The van der Waals surface area contributed by atoms with Gasteiger partial charge in [-0.2, -0.15) is 0 Å². The van der Waals surface area contributed by atoms with Gasteiger partial charge in [0.1, 0.15) is 5.75 Å². The van der Waals surface area contributed by atoms with Crippen molar-refractivity contribution in [1.82, 2.24) is 15.3 Å². The Hall–Kier alpha value is -1.94. The molecule has 2 aromatic rings. The highest BCUT2D eigenvalue weighted by atomic mass is 16.5. The number of ether oxygens (including phenoxy) is 1. The zero-order valence-corrected chi connectivity index (χ0v) is 12.5. The standard InChI is InChI=1S/C16H21N3O/c1-11(2)17-9-14-6-8-16(19-13(14)4)20-15-7-5-12(3)18-10-15/h5-8,10-11,17H,9H2,1-4H3. The van der Waals surface area contributed by atoms with Crippen LogP contribution in [0.2, 0.25) is 0 Å². The van der Waals surface area contributed by atoms with Crippen LogP contribution in [-0.4, -0.2) is 16.0 Å². The van der Waals surface area contributed by atoms with E-state index < -0.39 is 0 Å². The summed E-state index contributed by atoms with van der Waals surface area (Å²) in [6.07, 6.45) is 1.71. The third-order valence-corrected chi connectivity index (χ3v) is 2.98. The molecule has 0 atom stereocenters. The number of hydrogen-bond donors (Lipinski definition) is 1. The lowest BCUT2D eigenvalue weighted by atomic mass is 10.2. The number of pyridine rings is 2. The van der Waals surface area contributed by atoms with Crippen LogP contribution in [0.25, 0.3) is 0 Å². The fourth-order valence-electron chi connectivity index (χ4n) is 1.76. The molecule has 4 nitrogen and oxygen atoms in total. The summed E-state index contributed by atoms with van der Waals surface area (Å²) < 4.78 is 5.70. The summed E-state index contributed by atoms with van der Waals surface area (Å²) in [5, 5.41) is 3.39. The van der Waals surface area contributed by atoms with Gasteiger partial charge in [-0.15, -0.1) is 0 Å². The van der Waals surface area contributed by atoms with Crippen molar-refractivity contribution in [3.63, 3.8) is 0 Å². The first kappa shape index (κ1) is 14.5. The Labute approximate surface area is 120 Å². The van der Waals surface area contributed by atoms with Crippen LogP contribution in [0.3, 0.4) is 0 Å². The van der Waals surface area contributed by atoms with Gasteiger partial charge in [-0.25, -0.2) is 4.98 Å². The van der Waals surface area contributed by atoms with Crippen LogP contribution >= 0.6 is 0 Å². The van der Waals surface area contributed by atoms with Gasteiger partial charge < -0.3 is 10.1 Å². The van der Waals surface area contributed by atoms with Gasteiger partial charge in [-0.05, 0) is 31.5 Å². The third-order valence-electron chi connectivity index (χ3n) is 2.98. The monoisotopic (exact) mass is 271 g/mol. The number of aromatic nitrogens is 2. The molecule has 0 aliphatic rings. The van der Waals surface area contributed by atoms with Gasteiger partial charge in [-0.3, -0.25) is 4.98 Å². The number of aryl methyl sites for hydroxylation is 2. The minimum Gasteiger partial charge on any atom is -0.437 e. The first-order valence-corrected chi connectivity index (χ1v) is 6.85. The molecule has 0 saturated carbocycles. The maximum absolute atomic E-state index is 5.70. The normalized spacial score (nSPS) is 10.8. The predicted octanol–water partition coefficient (Wildman–Crippen LogP) is 3.38. The van der Waals surface area contributed by atoms with E-state index in [1.807, 2.05) is 32.0 Å². The SMILES string of the molecule is Cc1ccc(Oc2ccc(CNC(C)C)c(C)n2)cn1. The number of rotatable bonds is 5. The fourth-order valence-corrected chi connectivity index (χ4v) is 1.76. The van der Waals surface area contributed by atoms with E-state index in [9.17, 15) is 0 Å². The van der Waals surface area contributed by atoms with Crippen molar-refractivity contribution < 1.29 is 4.74 Å². The van der Waals surface area contributed by atoms with Crippen LogP contribution in [0.4, 0.5) is 0 Å². The van der Waals surface area contributed by atoms with E-state index in [4.69, 9.17) is 4.74 Å². The second kappa shape index (κ2) is 6.48. The Bertz CT molecular complexity index is 564. The van der Waals surface area contributed by atoms with Crippen molar-refractivity contribution >= 4 is 0 Å². The molecule has 2 rings (SSSR count). The Kier molecular flexibility index (Phi) is 4.69. The van der Waals surface area contributed by atoms with E-state index in [1.54, 1.807) is 6.20 Å². The van der Waals surface area contributed by atoms with Crippen molar-refractivity contribution in [2.75, 3.05) is 0 Å². The lowest BCUT2D eigenvalue weighted by Gasteiger charge is -2.11. The van der Waals surface area contributed by atoms with Crippen LogP contribution in [0.15, 0.2) is 30.5 Å². The maximum Gasteiger partial charge on any atom is 0.219 e. The summed E-state index contributed by atoms with van der Waals surface area (Å²) in [4.78, 5) is 8.68. The molecule has 0 amide bonds. The Morgan fingerprint density at radius 3 is 2.55 bits per heavy atom. The first-order chi connectivity index (χ1) is 9.54. The van der Waals surface area contributed by atoms with E-state index >= 15 is 0 Å². The Morgan fingerprint density at radius 2 is 1.95 bits per heavy atom. The minimum atomic E-state index is 0.462. The quantitative estimate of drug-likeness (QED) is 0.905. The average Bonchev–Trinajstić information content (AvgIpc) is 2.40. The summed E-state index contributed by atoms with van der Waals surface area (Å²) in [7, 11) is 0. The molecule has 0 aromatic carbocycles. The molecule has 106 valence electrons. The van der Waals surface area contributed by atoms with Crippen LogP contribution in [0.1, 0.15) is 30.8 Å². The van der Waals surface area contributed by atoms with Crippen molar-refractivity contribution in [2.45, 2.75) is 40.3 Å². The molecular formula is C16H21N3O. The highest BCUT2D eigenvalue weighted by Crippen LogP contribution is 2.20. The molecule has 0 saturated heterocycles. The second-order valence-electron chi connectivity index (χ2n) is 5.17. The highest BCUT2D eigenvalue weighted by molar-refractivity contribution is 5.29. The summed E-state index contributed by atoms with van der Waals surface area (Å²) in [5.74, 6) is 1.30. The lowest BCUT2D eigenvalue weighted by molar-refractivity contribution is 0.458. The molecule has 1 N–H and O–H groups in total. The van der Waals surface area contributed by atoms with Gasteiger partial charge in [0.25, 0.3) is 0 Å². The molecule has 4 heteroatoms. The van der Waals surface area contributed by atoms with Crippen LogP contribution in [-0.2, 0) is 6.54 Å². The van der Waals surface area contributed by atoms with Crippen LogP contribution in [0.5, 0.6) is 11.6 Å². The molecule has 20 heavy (non-hydrogen) atoms. The van der Waals surface area contributed by atoms with Crippen LogP contribution in [0, 0.1) is 13.8 Å². The molecule has 0 radical (unpaired) electrons. The smallest absolute Gasteiger partial charge is 0.219 e. The Balaban J connectivity index is 2.06. The predicted molar refractivity (Wildman–Crippen MR) is 80.0 cm³/mol. The van der Waals surface area contributed by atoms with Gasteiger partial charge in [0.05, 0.1) is 6.20 Å². The molecule has 0 aliphatic carbocycles. The molecule has 0 fully saturated rings. The molecule has 2 aromatic heterocycles. The van der Waals surface area contributed by atoms with Crippen molar-refractivity contribution in [2.24, 2.45) is 0 Å². The fraction of sp³-hybridized carbons (Fsp3) is 0.375. The zero-order valence-electron chi connectivity index (χ0n) is 12.5. The molecule has 0 spiro atoms. The van der Waals surface area contributed by atoms with Gasteiger partial charge >= 0.3 is 0 Å². The minimum absolute atomic E-state index is 0.462. The van der Waals surface area contributed by atoms with E-state index in [0.717, 1.165) is 17.9 Å². The van der Waals surface area contributed by atoms with Gasteiger partial charge in [0.15, 0.2) is 0 Å². The first-order valence-electron chi connectivity index (χ1n) is 6.85. The molecule has 0 aliphatic heterocycles. The van der Waals surface area contributed by atoms with Crippen molar-refractivity contribution in [3.05, 3.63) is 47.4 Å².